The van der Waals surface area contributed by atoms with Gasteiger partial charge in [0.05, 0.1) is 0 Å². The molecule has 0 saturated heterocycles. The zero-order chi connectivity index (χ0) is 18.1. The molecule has 1 amide bonds. The maximum Gasteiger partial charge on any atom is 0.352 e. The van der Waals surface area contributed by atoms with Gasteiger partial charge in [0.1, 0.15) is 12.4 Å². The van der Waals surface area contributed by atoms with Gasteiger partial charge in [-0.05, 0) is 6.42 Å². The molecule has 2 aromatic rings. The van der Waals surface area contributed by atoms with Gasteiger partial charge in [-0.1, -0.05) is 5.21 Å². The molecule has 3 atom stereocenters. The summed E-state index contributed by atoms with van der Waals surface area (Å²) in [6, 6.07) is -0.274. The Balaban J connectivity index is 1.77. The molecule has 134 valence electrons. The lowest BCUT2D eigenvalue weighted by Gasteiger charge is -2.31. The molecule has 0 aliphatic heterocycles. The first-order valence-electron chi connectivity index (χ1n) is 7.74. The molecule has 1 saturated carbocycles. The van der Waals surface area contributed by atoms with Crippen molar-refractivity contribution in [2.45, 2.75) is 43.7 Å². The van der Waals surface area contributed by atoms with Crippen LogP contribution < -0.4 is 11.0 Å². The largest absolute Gasteiger partial charge is 0.462 e. The number of carbonyl (C=O) groups is 2. The second kappa shape index (κ2) is 6.79. The summed E-state index contributed by atoms with van der Waals surface area (Å²) >= 11 is 6.20. The monoisotopic (exact) mass is 368 g/mol. The molecule has 1 N–H and O–H groups in total. The van der Waals surface area contributed by atoms with E-state index in [0.29, 0.717) is 19.3 Å². The van der Waals surface area contributed by atoms with Crippen LogP contribution in [0.3, 0.4) is 0 Å². The van der Waals surface area contributed by atoms with E-state index in [0.717, 1.165) is 9.08 Å². The number of rotatable bonds is 3. The highest BCUT2D eigenvalue weighted by Crippen LogP contribution is 2.26. The van der Waals surface area contributed by atoms with Crippen molar-refractivity contribution in [1.82, 2.24) is 29.7 Å². The Morgan fingerprint density at radius 3 is 2.84 bits per heavy atom. The van der Waals surface area contributed by atoms with E-state index >= 15 is 0 Å². The summed E-state index contributed by atoms with van der Waals surface area (Å²) in [5, 5.41) is 10.1. The molecule has 0 radical (unpaired) electrons. The summed E-state index contributed by atoms with van der Waals surface area (Å²) in [7, 11) is 1.45. The lowest BCUT2D eigenvalue weighted by Crippen LogP contribution is -2.44. The van der Waals surface area contributed by atoms with Gasteiger partial charge in [-0.25, -0.2) is 14.2 Å². The van der Waals surface area contributed by atoms with Crippen LogP contribution in [0, 0.1) is 0 Å². The lowest BCUT2D eigenvalue weighted by atomic mass is 9.92. The van der Waals surface area contributed by atoms with Crippen molar-refractivity contribution in [3.63, 3.8) is 0 Å². The van der Waals surface area contributed by atoms with Crippen molar-refractivity contribution in [1.29, 1.82) is 0 Å². The van der Waals surface area contributed by atoms with Crippen LogP contribution in [0.5, 0.6) is 0 Å². The van der Waals surface area contributed by atoms with Gasteiger partial charge in [0, 0.05) is 38.2 Å². The summed E-state index contributed by atoms with van der Waals surface area (Å²) in [6.07, 6.45) is 2.44. The summed E-state index contributed by atoms with van der Waals surface area (Å²) in [4.78, 5) is 39.5. The maximum absolute atomic E-state index is 12.5. The molecule has 1 aliphatic carbocycles. The third-order valence-corrected chi connectivity index (χ3v) is 4.34. The van der Waals surface area contributed by atoms with Crippen LogP contribution in [0.15, 0.2) is 11.1 Å². The highest BCUT2D eigenvalue weighted by atomic mass is 35.5. The molecule has 0 aromatic carbocycles. The number of carbonyl (C=O) groups excluding carboxylic acids is 2. The van der Waals surface area contributed by atoms with Crippen LogP contribution in [-0.4, -0.2) is 53.8 Å². The van der Waals surface area contributed by atoms with Crippen molar-refractivity contribution in [3.8, 4) is 0 Å². The fourth-order valence-corrected chi connectivity index (χ4v) is 3.36. The quantitative estimate of drug-likeness (QED) is 0.580. The van der Waals surface area contributed by atoms with E-state index < -0.39 is 11.6 Å². The minimum atomic E-state index is -0.484. The van der Waals surface area contributed by atoms with E-state index in [2.05, 4.69) is 20.6 Å². The first-order valence-corrected chi connectivity index (χ1v) is 8.18. The number of hydrogen-bond donors (Lipinski definition) is 1. The van der Waals surface area contributed by atoms with Gasteiger partial charge in [-0.2, -0.15) is 4.68 Å². The van der Waals surface area contributed by atoms with E-state index in [4.69, 9.17) is 16.3 Å². The van der Waals surface area contributed by atoms with Gasteiger partial charge in [0.15, 0.2) is 11.3 Å². The minimum Gasteiger partial charge on any atom is -0.462 e. The van der Waals surface area contributed by atoms with Crippen molar-refractivity contribution in [2.75, 3.05) is 0 Å². The zero-order valence-electron chi connectivity index (χ0n) is 13.7. The third kappa shape index (κ3) is 3.63. The normalized spacial score (nSPS) is 23.4. The molecule has 0 spiro atoms. The van der Waals surface area contributed by atoms with E-state index in [9.17, 15) is 14.4 Å². The van der Waals surface area contributed by atoms with Crippen LogP contribution in [-0.2, 0) is 16.6 Å². The SMILES string of the molecule is CC(=O)OC1CC(Cl)CC(NC(=O)c2ncn3c(=O)n(C)nnc23)C1. The number of aromatic nitrogens is 5. The Kier molecular flexibility index (Phi) is 4.71. The first-order chi connectivity index (χ1) is 11.8. The molecule has 11 heteroatoms. The van der Waals surface area contributed by atoms with Crippen molar-refractivity contribution < 1.29 is 14.3 Å². The van der Waals surface area contributed by atoms with Gasteiger partial charge >= 0.3 is 11.7 Å². The topological polar surface area (TPSA) is 120 Å². The van der Waals surface area contributed by atoms with E-state index in [1.165, 1.54) is 20.3 Å². The summed E-state index contributed by atoms with van der Waals surface area (Å²) in [5.41, 5.74) is -0.369. The molecule has 3 unspecified atom stereocenters. The summed E-state index contributed by atoms with van der Waals surface area (Å²) in [6.45, 7) is 1.34. The molecule has 1 aliphatic rings. The average molecular weight is 369 g/mol. The highest BCUT2D eigenvalue weighted by Gasteiger charge is 2.31. The van der Waals surface area contributed by atoms with E-state index in [1.54, 1.807) is 0 Å². The second-order valence-corrected chi connectivity index (χ2v) is 6.61. The van der Waals surface area contributed by atoms with Crippen LogP contribution in [0.1, 0.15) is 36.7 Å². The van der Waals surface area contributed by atoms with Crippen LogP contribution in [0.4, 0.5) is 0 Å². The summed E-state index contributed by atoms with van der Waals surface area (Å²) < 4.78 is 7.39. The average Bonchev–Trinajstić information content (AvgIpc) is 2.94. The molecular weight excluding hydrogens is 352 g/mol. The van der Waals surface area contributed by atoms with Gasteiger partial charge in [-0.15, -0.1) is 16.7 Å². The number of ether oxygens (including phenoxy) is 1. The second-order valence-electron chi connectivity index (χ2n) is 5.99. The molecule has 0 bridgehead atoms. The number of esters is 1. The summed E-state index contributed by atoms with van der Waals surface area (Å²) in [5.74, 6) is -0.866. The Morgan fingerprint density at radius 1 is 1.36 bits per heavy atom. The number of nitrogens with one attached hydrogen (secondary N) is 1. The Bertz CT molecular complexity index is 878. The van der Waals surface area contributed by atoms with Crippen LogP contribution >= 0.6 is 11.6 Å². The fraction of sp³-hybridized carbons (Fsp3) is 0.571. The number of fused-ring (bicyclic) bond motifs is 1. The highest BCUT2D eigenvalue weighted by molar-refractivity contribution is 6.20. The number of imidazole rings is 1. The zero-order valence-corrected chi connectivity index (χ0v) is 14.4. The molecule has 2 aromatic heterocycles. The van der Waals surface area contributed by atoms with Gasteiger partial charge in [0.2, 0.25) is 0 Å². The number of halogens is 1. The van der Waals surface area contributed by atoms with Gasteiger partial charge in [-0.3, -0.25) is 9.59 Å². The maximum atomic E-state index is 12.5. The van der Waals surface area contributed by atoms with Gasteiger partial charge in [0.25, 0.3) is 5.91 Å². The predicted octanol–water partition coefficient (Wildman–Crippen LogP) is -0.356. The number of alkyl halides is 1. The smallest absolute Gasteiger partial charge is 0.352 e. The number of nitrogens with zero attached hydrogens (tertiary/aromatic N) is 5. The van der Waals surface area contributed by atoms with E-state index in [-0.39, 0.29) is 34.8 Å². The lowest BCUT2D eigenvalue weighted by molar-refractivity contribution is -0.147. The number of aryl methyl sites for hydroxylation is 1. The first kappa shape index (κ1) is 17.3. The molecule has 2 heterocycles. The van der Waals surface area contributed by atoms with Gasteiger partial charge < -0.3 is 10.1 Å². The molecule has 10 nitrogen and oxygen atoms in total. The Labute approximate surface area is 147 Å². The van der Waals surface area contributed by atoms with Crippen LogP contribution in [0.2, 0.25) is 0 Å². The molecular formula is C14H17ClN6O4. The van der Waals surface area contributed by atoms with Crippen LogP contribution in [0.25, 0.3) is 5.65 Å². The minimum absolute atomic E-state index is 0.00549. The molecule has 3 rings (SSSR count). The Morgan fingerprint density at radius 2 is 2.12 bits per heavy atom. The van der Waals surface area contributed by atoms with E-state index in [1.807, 2.05) is 0 Å². The molecule has 25 heavy (non-hydrogen) atoms. The number of amides is 1. The Hall–Kier alpha value is -2.49. The fourth-order valence-electron chi connectivity index (χ4n) is 2.94. The standard InChI is InChI=1S/C14H17ClN6O4/c1-7(22)25-10-4-8(15)3-9(5-10)17-13(23)11-12-18-19-20(2)14(24)21(12)6-16-11/h6,8-10H,3-5H2,1-2H3,(H,17,23). The van der Waals surface area contributed by atoms with Crippen molar-refractivity contribution >= 4 is 29.1 Å². The van der Waals surface area contributed by atoms with Crippen molar-refractivity contribution in [2.24, 2.45) is 7.05 Å². The predicted molar refractivity (Wildman–Crippen MR) is 86.3 cm³/mol. The van der Waals surface area contributed by atoms with Crippen molar-refractivity contribution in [3.05, 3.63) is 22.5 Å². The molecule has 1 fully saturated rings. The third-order valence-electron chi connectivity index (χ3n) is 3.99. The number of hydrogen-bond acceptors (Lipinski definition) is 7.